The fourth-order valence-corrected chi connectivity index (χ4v) is 3.61. The summed E-state index contributed by atoms with van der Waals surface area (Å²) in [4.78, 5) is 11.9. The number of nitrogens with zero attached hydrogens (tertiary/aromatic N) is 3. The topological polar surface area (TPSA) is 70.2 Å². The SMILES string of the molecule is COc1ccc2c(CSc3nncn3-c3ccccc3)cc(=O)oc2c1. The lowest BCUT2D eigenvalue weighted by Gasteiger charge is -2.08. The maximum Gasteiger partial charge on any atom is 0.336 e. The number of fused-ring (bicyclic) bond motifs is 1. The summed E-state index contributed by atoms with van der Waals surface area (Å²) in [6, 6.07) is 16.9. The van der Waals surface area contributed by atoms with Gasteiger partial charge in [-0.05, 0) is 29.8 Å². The molecule has 7 heteroatoms. The van der Waals surface area contributed by atoms with Crippen molar-refractivity contribution in [3.8, 4) is 11.4 Å². The predicted octanol–water partition coefficient (Wildman–Crippen LogP) is 3.67. The minimum Gasteiger partial charge on any atom is -0.497 e. The van der Waals surface area contributed by atoms with Gasteiger partial charge in [-0.3, -0.25) is 4.57 Å². The van der Waals surface area contributed by atoms with Gasteiger partial charge in [0.1, 0.15) is 17.7 Å². The molecule has 0 aliphatic carbocycles. The van der Waals surface area contributed by atoms with E-state index in [-0.39, 0.29) is 5.63 Å². The van der Waals surface area contributed by atoms with Gasteiger partial charge in [0.25, 0.3) is 0 Å². The number of rotatable bonds is 5. The van der Waals surface area contributed by atoms with Crippen molar-refractivity contribution in [2.45, 2.75) is 10.9 Å². The van der Waals surface area contributed by atoms with Gasteiger partial charge >= 0.3 is 5.63 Å². The van der Waals surface area contributed by atoms with Crippen LogP contribution in [0.3, 0.4) is 0 Å². The Morgan fingerprint density at radius 2 is 2.00 bits per heavy atom. The van der Waals surface area contributed by atoms with Gasteiger partial charge in [-0.15, -0.1) is 10.2 Å². The molecular weight excluding hydrogens is 350 g/mol. The fourth-order valence-electron chi connectivity index (χ4n) is 2.69. The number of hydrogen-bond donors (Lipinski definition) is 0. The van der Waals surface area contributed by atoms with E-state index in [2.05, 4.69) is 10.2 Å². The van der Waals surface area contributed by atoms with Gasteiger partial charge in [0.05, 0.1) is 7.11 Å². The third-order valence-electron chi connectivity index (χ3n) is 3.94. The maximum atomic E-state index is 11.9. The summed E-state index contributed by atoms with van der Waals surface area (Å²) in [5.74, 6) is 1.22. The van der Waals surface area contributed by atoms with Gasteiger partial charge in [0.2, 0.25) is 0 Å². The molecule has 0 amide bonds. The Hall–Kier alpha value is -3.06. The normalized spacial score (nSPS) is 11.0. The molecule has 0 unspecified atom stereocenters. The van der Waals surface area contributed by atoms with Crippen LogP contribution in [-0.4, -0.2) is 21.9 Å². The first-order valence-electron chi connectivity index (χ1n) is 7.93. The second kappa shape index (κ2) is 7.05. The first-order valence-corrected chi connectivity index (χ1v) is 8.92. The second-order valence-corrected chi connectivity index (χ2v) is 6.50. The molecule has 6 nitrogen and oxygen atoms in total. The molecule has 4 rings (SSSR count). The number of ether oxygens (including phenoxy) is 1. The first-order chi connectivity index (χ1) is 12.7. The molecule has 26 heavy (non-hydrogen) atoms. The van der Waals surface area contributed by atoms with Crippen LogP contribution in [0.15, 0.2) is 75.3 Å². The van der Waals surface area contributed by atoms with Crippen LogP contribution in [0.2, 0.25) is 0 Å². The molecule has 0 spiro atoms. The summed E-state index contributed by atoms with van der Waals surface area (Å²) < 4.78 is 12.4. The van der Waals surface area contributed by atoms with Crippen LogP contribution in [0.25, 0.3) is 16.7 Å². The average Bonchev–Trinajstić information content (AvgIpc) is 3.14. The number of hydrogen-bond acceptors (Lipinski definition) is 6. The lowest BCUT2D eigenvalue weighted by Crippen LogP contribution is -2.01. The Balaban J connectivity index is 1.65. The smallest absolute Gasteiger partial charge is 0.336 e. The standard InChI is InChI=1S/C19H15N3O3S/c1-24-15-7-8-16-13(9-18(23)25-17(16)10-15)11-26-19-21-20-12-22(19)14-5-3-2-4-6-14/h2-10,12H,11H2,1H3. The largest absolute Gasteiger partial charge is 0.497 e. The van der Waals surface area contributed by atoms with Crippen molar-refractivity contribution in [1.29, 1.82) is 0 Å². The summed E-state index contributed by atoms with van der Waals surface area (Å²) >= 11 is 1.51. The van der Waals surface area contributed by atoms with E-state index in [4.69, 9.17) is 9.15 Å². The van der Waals surface area contributed by atoms with Crippen molar-refractivity contribution in [2.24, 2.45) is 0 Å². The molecule has 0 radical (unpaired) electrons. The van der Waals surface area contributed by atoms with Crippen LogP contribution in [-0.2, 0) is 5.75 Å². The van der Waals surface area contributed by atoms with Crippen LogP contribution in [0, 0.1) is 0 Å². The van der Waals surface area contributed by atoms with Crippen molar-refractivity contribution in [3.63, 3.8) is 0 Å². The van der Waals surface area contributed by atoms with Crippen LogP contribution in [0.4, 0.5) is 0 Å². The van der Waals surface area contributed by atoms with Crippen molar-refractivity contribution in [2.75, 3.05) is 7.11 Å². The molecule has 0 aliphatic heterocycles. The molecule has 2 heterocycles. The molecule has 2 aromatic carbocycles. The third kappa shape index (κ3) is 3.21. The van der Waals surface area contributed by atoms with E-state index in [1.54, 1.807) is 19.5 Å². The van der Waals surface area contributed by atoms with Crippen molar-refractivity contribution in [1.82, 2.24) is 14.8 Å². The molecule has 4 aromatic rings. The summed E-state index contributed by atoms with van der Waals surface area (Å²) in [5.41, 5.74) is 2.00. The molecule has 0 aliphatic rings. The molecule has 0 bridgehead atoms. The molecule has 2 aromatic heterocycles. The highest BCUT2D eigenvalue weighted by Crippen LogP contribution is 2.28. The van der Waals surface area contributed by atoms with Gasteiger partial charge in [0.15, 0.2) is 5.16 Å². The zero-order chi connectivity index (χ0) is 17.9. The lowest BCUT2D eigenvalue weighted by atomic mass is 10.1. The van der Waals surface area contributed by atoms with E-state index in [1.165, 1.54) is 17.8 Å². The van der Waals surface area contributed by atoms with Crippen molar-refractivity contribution >= 4 is 22.7 Å². The fraction of sp³-hybridized carbons (Fsp3) is 0.105. The average molecular weight is 365 g/mol. The van der Waals surface area contributed by atoms with Gasteiger partial charge < -0.3 is 9.15 Å². The minimum absolute atomic E-state index is 0.383. The van der Waals surface area contributed by atoms with Gasteiger partial charge in [0, 0.05) is 29.0 Å². The van der Waals surface area contributed by atoms with Crippen molar-refractivity contribution < 1.29 is 9.15 Å². The molecule has 0 saturated carbocycles. The van der Waals surface area contributed by atoms with E-state index in [1.807, 2.05) is 47.0 Å². The highest BCUT2D eigenvalue weighted by atomic mass is 32.2. The molecule has 0 atom stereocenters. The summed E-state index contributed by atoms with van der Waals surface area (Å²) in [7, 11) is 1.58. The summed E-state index contributed by atoms with van der Waals surface area (Å²) in [6.07, 6.45) is 1.68. The summed E-state index contributed by atoms with van der Waals surface area (Å²) in [5, 5.41) is 9.83. The predicted molar refractivity (Wildman–Crippen MR) is 100.0 cm³/mol. The Morgan fingerprint density at radius 1 is 1.15 bits per heavy atom. The Morgan fingerprint density at radius 3 is 2.81 bits per heavy atom. The van der Waals surface area contributed by atoms with E-state index in [0.29, 0.717) is 17.1 Å². The highest BCUT2D eigenvalue weighted by Gasteiger charge is 2.11. The van der Waals surface area contributed by atoms with Crippen LogP contribution >= 0.6 is 11.8 Å². The lowest BCUT2D eigenvalue weighted by molar-refractivity contribution is 0.414. The monoisotopic (exact) mass is 365 g/mol. The number of thioether (sulfide) groups is 1. The third-order valence-corrected chi connectivity index (χ3v) is 4.94. The van der Waals surface area contributed by atoms with E-state index >= 15 is 0 Å². The molecule has 0 fully saturated rings. The zero-order valence-corrected chi connectivity index (χ0v) is 14.8. The second-order valence-electron chi connectivity index (χ2n) is 5.56. The molecule has 0 saturated heterocycles. The molecular formula is C19H15N3O3S. The Bertz CT molecular complexity index is 1110. The Labute approximate surface area is 153 Å². The number of methoxy groups -OCH3 is 1. The van der Waals surface area contributed by atoms with E-state index in [9.17, 15) is 4.79 Å². The van der Waals surface area contributed by atoms with Crippen LogP contribution < -0.4 is 10.4 Å². The highest BCUT2D eigenvalue weighted by molar-refractivity contribution is 7.98. The van der Waals surface area contributed by atoms with Gasteiger partial charge in [-0.1, -0.05) is 30.0 Å². The maximum absolute atomic E-state index is 11.9. The van der Waals surface area contributed by atoms with Crippen LogP contribution in [0.5, 0.6) is 5.75 Å². The zero-order valence-electron chi connectivity index (χ0n) is 14.0. The quantitative estimate of drug-likeness (QED) is 0.397. The van der Waals surface area contributed by atoms with Crippen molar-refractivity contribution in [3.05, 3.63) is 76.9 Å². The molecule has 130 valence electrons. The Kier molecular flexibility index (Phi) is 4.45. The summed E-state index contributed by atoms with van der Waals surface area (Å²) in [6.45, 7) is 0. The van der Waals surface area contributed by atoms with Gasteiger partial charge in [-0.25, -0.2) is 4.79 Å². The molecule has 0 N–H and O–H groups in total. The van der Waals surface area contributed by atoms with Gasteiger partial charge in [-0.2, -0.15) is 0 Å². The number of benzene rings is 2. The number of para-hydroxylation sites is 1. The van der Waals surface area contributed by atoms with Crippen LogP contribution in [0.1, 0.15) is 5.56 Å². The minimum atomic E-state index is -0.383. The van der Waals surface area contributed by atoms with E-state index in [0.717, 1.165) is 21.8 Å². The first kappa shape index (κ1) is 16.4. The van der Waals surface area contributed by atoms with E-state index < -0.39 is 0 Å². The number of aromatic nitrogens is 3.